The molecule has 0 aliphatic carbocycles. The van der Waals surface area contributed by atoms with Crippen molar-refractivity contribution < 1.29 is 14.3 Å². The Balaban J connectivity index is 3.75. The SMILES string of the molecule is CCC[C@@H](CCOC)SC(=O)OCC. The van der Waals surface area contributed by atoms with Crippen molar-refractivity contribution in [2.24, 2.45) is 0 Å². The number of ether oxygens (including phenoxy) is 2. The molecule has 14 heavy (non-hydrogen) atoms. The van der Waals surface area contributed by atoms with Crippen molar-refractivity contribution in [1.82, 2.24) is 0 Å². The highest BCUT2D eigenvalue weighted by molar-refractivity contribution is 8.13. The van der Waals surface area contributed by atoms with Crippen molar-refractivity contribution in [1.29, 1.82) is 0 Å². The molecule has 0 unspecified atom stereocenters. The molecule has 84 valence electrons. The van der Waals surface area contributed by atoms with Gasteiger partial charge in [-0.25, -0.2) is 4.79 Å². The van der Waals surface area contributed by atoms with E-state index in [0.29, 0.717) is 18.5 Å². The van der Waals surface area contributed by atoms with E-state index in [-0.39, 0.29) is 5.30 Å². The normalized spacial score (nSPS) is 12.5. The third kappa shape index (κ3) is 7.21. The fourth-order valence-electron chi connectivity index (χ4n) is 1.12. The van der Waals surface area contributed by atoms with Gasteiger partial charge in [0.15, 0.2) is 0 Å². The van der Waals surface area contributed by atoms with E-state index in [1.807, 2.05) is 6.92 Å². The molecule has 0 spiro atoms. The zero-order valence-electron chi connectivity index (χ0n) is 9.25. The van der Waals surface area contributed by atoms with Crippen LogP contribution in [0.3, 0.4) is 0 Å². The van der Waals surface area contributed by atoms with Gasteiger partial charge in [0.1, 0.15) is 0 Å². The Kier molecular flexibility index (Phi) is 9.19. The maximum atomic E-state index is 11.2. The third-order valence-electron chi connectivity index (χ3n) is 1.78. The summed E-state index contributed by atoms with van der Waals surface area (Å²) in [6.07, 6.45) is 3.03. The number of methoxy groups -OCH3 is 1. The van der Waals surface area contributed by atoms with Gasteiger partial charge in [0.2, 0.25) is 0 Å². The molecule has 4 heteroatoms. The minimum atomic E-state index is -0.165. The van der Waals surface area contributed by atoms with Crippen molar-refractivity contribution in [3.63, 3.8) is 0 Å². The fraction of sp³-hybridized carbons (Fsp3) is 0.900. The van der Waals surface area contributed by atoms with Crippen molar-refractivity contribution in [2.45, 2.75) is 38.4 Å². The van der Waals surface area contributed by atoms with Crippen LogP contribution in [0, 0.1) is 0 Å². The Morgan fingerprint density at radius 2 is 2.07 bits per heavy atom. The predicted molar refractivity (Wildman–Crippen MR) is 59.8 cm³/mol. The molecule has 0 rings (SSSR count). The monoisotopic (exact) mass is 220 g/mol. The molecule has 0 bridgehead atoms. The van der Waals surface area contributed by atoms with Crippen LogP contribution >= 0.6 is 11.8 Å². The highest BCUT2D eigenvalue weighted by atomic mass is 32.2. The summed E-state index contributed by atoms with van der Waals surface area (Å²) in [6.45, 7) is 5.10. The van der Waals surface area contributed by atoms with E-state index in [1.54, 1.807) is 7.11 Å². The second kappa shape index (κ2) is 9.34. The lowest BCUT2D eigenvalue weighted by Gasteiger charge is -2.13. The van der Waals surface area contributed by atoms with Crippen LogP contribution in [0.1, 0.15) is 33.1 Å². The molecule has 0 amide bonds. The van der Waals surface area contributed by atoms with Gasteiger partial charge in [-0.15, -0.1) is 0 Å². The van der Waals surface area contributed by atoms with Crippen molar-refractivity contribution >= 4 is 17.1 Å². The predicted octanol–water partition coefficient (Wildman–Crippen LogP) is 3.08. The van der Waals surface area contributed by atoms with Crippen LogP contribution in [-0.4, -0.2) is 30.9 Å². The molecule has 3 nitrogen and oxygen atoms in total. The van der Waals surface area contributed by atoms with Crippen LogP contribution in [0.4, 0.5) is 4.79 Å². The number of rotatable bonds is 7. The highest BCUT2D eigenvalue weighted by Gasteiger charge is 2.14. The van der Waals surface area contributed by atoms with E-state index in [4.69, 9.17) is 9.47 Å². The Morgan fingerprint density at radius 3 is 2.57 bits per heavy atom. The number of carbonyl (C=O) groups is 1. The quantitative estimate of drug-likeness (QED) is 0.618. The average molecular weight is 220 g/mol. The van der Waals surface area contributed by atoms with Crippen LogP contribution in [0.15, 0.2) is 0 Å². The summed E-state index contributed by atoms with van der Waals surface area (Å²) in [5, 5.41) is 0.168. The molecule has 0 radical (unpaired) electrons. The van der Waals surface area contributed by atoms with Gasteiger partial charge < -0.3 is 9.47 Å². The van der Waals surface area contributed by atoms with E-state index in [0.717, 1.165) is 19.3 Å². The first kappa shape index (κ1) is 13.8. The van der Waals surface area contributed by atoms with Crippen LogP contribution in [0.25, 0.3) is 0 Å². The molecule has 0 N–H and O–H groups in total. The van der Waals surface area contributed by atoms with Gasteiger partial charge >= 0.3 is 5.30 Å². The maximum absolute atomic E-state index is 11.2. The van der Waals surface area contributed by atoms with Gasteiger partial charge in [0.25, 0.3) is 0 Å². The molecule has 0 aliphatic heterocycles. The van der Waals surface area contributed by atoms with E-state index >= 15 is 0 Å². The third-order valence-corrected chi connectivity index (χ3v) is 2.89. The Morgan fingerprint density at radius 1 is 1.36 bits per heavy atom. The molecule has 0 heterocycles. The molecule has 0 aromatic carbocycles. The Labute approximate surface area is 90.5 Å². The minimum Gasteiger partial charge on any atom is -0.458 e. The molecule has 0 aromatic rings. The first-order chi connectivity index (χ1) is 6.74. The molecule has 0 aromatic heterocycles. The Bertz CT molecular complexity index is 150. The van der Waals surface area contributed by atoms with E-state index in [9.17, 15) is 4.79 Å². The number of carbonyl (C=O) groups excluding carboxylic acids is 1. The number of thioether (sulfide) groups is 1. The molecular weight excluding hydrogens is 200 g/mol. The van der Waals surface area contributed by atoms with E-state index in [1.165, 1.54) is 11.8 Å². The van der Waals surface area contributed by atoms with Crippen LogP contribution in [-0.2, 0) is 9.47 Å². The molecule has 1 atom stereocenters. The van der Waals surface area contributed by atoms with Crippen LogP contribution < -0.4 is 0 Å². The highest BCUT2D eigenvalue weighted by Crippen LogP contribution is 2.21. The smallest absolute Gasteiger partial charge is 0.367 e. The summed E-state index contributed by atoms with van der Waals surface area (Å²) in [5.74, 6) is 0. The zero-order valence-corrected chi connectivity index (χ0v) is 10.1. The van der Waals surface area contributed by atoms with Crippen LogP contribution in [0.2, 0.25) is 0 Å². The molecule has 0 aliphatic rings. The maximum Gasteiger partial charge on any atom is 0.367 e. The van der Waals surface area contributed by atoms with Crippen LogP contribution in [0.5, 0.6) is 0 Å². The minimum absolute atomic E-state index is 0.165. The average Bonchev–Trinajstić information content (AvgIpc) is 2.15. The van der Waals surface area contributed by atoms with Gasteiger partial charge in [-0.2, -0.15) is 0 Å². The largest absolute Gasteiger partial charge is 0.458 e. The zero-order chi connectivity index (χ0) is 10.8. The standard InChI is InChI=1S/C10H20O3S/c1-4-6-9(7-8-12-3)14-10(11)13-5-2/h9H,4-8H2,1-3H3/t9-/m0/s1. The van der Waals surface area contributed by atoms with Gasteiger partial charge in [-0.05, 0) is 31.5 Å². The first-order valence-corrected chi connectivity index (χ1v) is 5.94. The molecule has 0 saturated carbocycles. The molecule has 0 fully saturated rings. The second-order valence-electron chi connectivity index (χ2n) is 2.99. The summed E-state index contributed by atoms with van der Waals surface area (Å²) < 4.78 is 9.88. The lowest BCUT2D eigenvalue weighted by atomic mass is 10.2. The summed E-state index contributed by atoms with van der Waals surface area (Å²) in [6, 6.07) is 0. The Hall–Kier alpha value is -0.220. The summed E-state index contributed by atoms with van der Waals surface area (Å²) in [5.41, 5.74) is 0. The van der Waals surface area contributed by atoms with Gasteiger partial charge in [-0.1, -0.05) is 13.3 Å². The van der Waals surface area contributed by atoms with Gasteiger partial charge in [-0.3, -0.25) is 0 Å². The topological polar surface area (TPSA) is 35.5 Å². The first-order valence-electron chi connectivity index (χ1n) is 5.06. The van der Waals surface area contributed by atoms with E-state index < -0.39 is 0 Å². The lowest BCUT2D eigenvalue weighted by molar-refractivity contribution is 0.180. The number of hydrogen-bond donors (Lipinski definition) is 0. The lowest BCUT2D eigenvalue weighted by Crippen LogP contribution is -2.10. The molecular formula is C10H20O3S. The number of hydrogen-bond acceptors (Lipinski definition) is 4. The van der Waals surface area contributed by atoms with Gasteiger partial charge in [0.05, 0.1) is 6.61 Å². The fourth-order valence-corrected chi connectivity index (χ4v) is 2.15. The van der Waals surface area contributed by atoms with E-state index in [2.05, 4.69) is 6.92 Å². The summed E-state index contributed by atoms with van der Waals surface area (Å²) >= 11 is 1.29. The van der Waals surface area contributed by atoms with Gasteiger partial charge in [0, 0.05) is 19.0 Å². The van der Waals surface area contributed by atoms with Crippen molar-refractivity contribution in [3.8, 4) is 0 Å². The second-order valence-corrected chi connectivity index (χ2v) is 4.23. The summed E-state index contributed by atoms with van der Waals surface area (Å²) in [7, 11) is 1.68. The van der Waals surface area contributed by atoms with Crippen molar-refractivity contribution in [2.75, 3.05) is 20.3 Å². The summed E-state index contributed by atoms with van der Waals surface area (Å²) in [4.78, 5) is 11.2. The molecule has 0 saturated heterocycles. The van der Waals surface area contributed by atoms with Crippen molar-refractivity contribution in [3.05, 3.63) is 0 Å².